The number of nitrogens with one attached hydrogen (secondary N) is 1. The van der Waals surface area contributed by atoms with E-state index in [0.29, 0.717) is 12.5 Å². The predicted molar refractivity (Wildman–Crippen MR) is 79.8 cm³/mol. The highest BCUT2D eigenvalue weighted by atomic mass is 32.1. The zero-order valence-corrected chi connectivity index (χ0v) is 13.9. The Morgan fingerprint density at radius 3 is 2.43 bits per heavy atom. The van der Waals surface area contributed by atoms with Crippen LogP contribution in [0.3, 0.4) is 0 Å². The number of carbonyl (C=O) groups excluding carboxylic acids is 2. The summed E-state index contributed by atoms with van der Waals surface area (Å²) in [4.78, 5) is 28.9. The van der Waals surface area contributed by atoms with Gasteiger partial charge in [0.15, 0.2) is 0 Å². The Balaban J connectivity index is 2.63. The second kappa shape index (κ2) is 7.40. The van der Waals surface area contributed by atoms with E-state index in [1.807, 2.05) is 5.38 Å². The molecule has 0 aliphatic heterocycles. The van der Waals surface area contributed by atoms with E-state index in [1.165, 1.54) is 4.90 Å². The van der Waals surface area contributed by atoms with E-state index in [1.54, 1.807) is 32.2 Å². The lowest BCUT2D eigenvalue weighted by Crippen LogP contribution is -2.53. The van der Waals surface area contributed by atoms with Crippen molar-refractivity contribution in [2.24, 2.45) is 5.92 Å². The Bertz CT molecular complexity index is 499. The maximum absolute atomic E-state index is 12.0. The van der Waals surface area contributed by atoms with Crippen molar-refractivity contribution in [3.63, 3.8) is 0 Å². The molecule has 7 heteroatoms. The van der Waals surface area contributed by atoms with E-state index in [-0.39, 0.29) is 5.92 Å². The summed E-state index contributed by atoms with van der Waals surface area (Å²) in [7, 11) is 1.61. The molecule has 0 saturated heterocycles. The second-order valence-corrected chi connectivity index (χ2v) is 6.57. The van der Waals surface area contributed by atoms with Gasteiger partial charge in [-0.25, -0.2) is 9.78 Å². The lowest BCUT2D eigenvalue weighted by molar-refractivity contribution is -0.309. The number of hydrogen-bond donors (Lipinski definition) is 1. The first kappa shape index (κ1) is 17.4. The molecule has 0 aliphatic rings. The summed E-state index contributed by atoms with van der Waals surface area (Å²) in [6, 6.07) is -1.45. The van der Waals surface area contributed by atoms with E-state index >= 15 is 0 Å². The number of aliphatic carboxylic acids is 1. The van der Waals surface area contributed by atoms with E-state index in [9.17, 15) is 14.7 Å². The molecule has 0 fully saturated rings. The number of carboxylic acids is 1. The molecule has 118 valence electrons. The monoisotopic (exact) mass is 312 g/mol. The summed E-state index contributed by atoms with van der Waals surface area (Å²) in [5.74, 6) is -1.16. The van der Waals surface area contributed by atoms with Gasteiger partial charge in [-0.2, -0.15) is 0 Å². The molecule has 2 amide bonds. The van der Waals surface area contributed by atoms with Gasteiger partial charge in [0.2, 0.25) is 0 Å². The van der Waals surface area contributed by atoms with Crippen molar-refractivity contribution < 1.29 is 14.7 Å². The maximum Gasteiger partial charge on any atom is 0.318 e. The number of hydrogen-bond acceptors (Lipinski definition) is 5. The number of nitrogens with zero attached hydrogens (tertiary/aromatic N) is 2. The minimum Gasteiger partial charge on any atom is -0.548 e. The van der Waals surface area contributed by atoms with Crippen LogP contribution in [0.25, 0.3) is 0 Å². The van der Waals surface area contributed by atoms with Crippen molar-refractivity contribution in [3.8, 4) is 0 Å². The number of urea groups is 1. The Labute approximate surface area is 129 Å². The van der Waals surface area contributed by atoms with Gasteiger partial charge in [-0.15, -0.1) is 11.3 Å². The molecule has 0 aliphatic carbocycles. The fourth-order valence-corrected chi connectivity index (χ4v) is 2.54. The lowest BCUT2D eigenvalue weighted by atomic mass is 10.1. The number of amides is 2. The molecule has 21 heavy (non-hydrogen) atoms. The van der Waals surface area contributed by atoms with Crippen molar-refractivity contribution in [2.45, 2.75) is 46.2 Å². The highest BCUT2D eigenvalue weighted by molar-refractivity contribution is 7.09. The van der Waals surface area contributed by atoms with Gasteiger partial charge in [-0.1, -0.05) is 27.7 Å². The molecule has 6 nitrogen and oxygen atoms in total. The van der Waals surface area contributed by atoms with Gasteiger partial charge in [-0.05, 0) is 5.92 Å². The molecule has 0 spiro atoms. The van der Waals surface area contributed by atoms with Crippen molar-refractivity contribution in [3.05, 3.63) is 16.1 Å². The number of carboxylic acid groups (broad SMARTS) is 1. The van der Waals surface area contributed by atoms with E-state index < -0.39 is 18.0 Å². The zero-order chi connectivity index (χ0) is 16.2. The summed E-state index contributed by atoms with van der Waals surface area (Å²) in [5.41, 5.74) is 0.802. The zero-order valence-electron chi connectivity index (χ0n) is 13.0. The fourth-order valence-electron chi connectivity index (χ4n) is 1.72. The molecule has 1 aromatic rings. The van der Waals surface area contributed by atoms with Crippen LogP contribution in [-0.2, 0) is 11.3 Å². The molecule has 1 rings (SSSR count). The third-order valence-corrected chi connectivity index (χ3v) is 4.20. The number of carbonyl (C=O) groups is 2. The molecule has 1 aromatic heterocycles. The van der Waals surface area contributed by atoms with Crippen LogP contribution in [-0.4, -0.2) is 35.0 Å². The lowest BCUT2D eigenvalue weighted by Gasteiger charge is -2.26. The van der Waals surface area contributed by atoms with Gasteiger partial charge in [0.05, 0.1) is 29.3 Å². The molecular weight excluding hydrogens is 290 g/mol. The highest BCUT2D eigenvalue weighted by Crippen LogP contribution is 2.19. The molecule has 1 N–H and O–H groups in total. The Morgan fingerprint density at radius 2 is 2.00 bits per heavy atom. The first-order chi connectivity index (χ1) is 9.72. The van der Waals surface area contributed by atoms with Crippen LogP contribution in [0.1, 0.15) is 44.3 Å². The first-order valence-corrected chi connectivity index (χ1v) is 7.77. The average Bonchev–Trinajstić information content (AvgIpc) is 2.83. The molecule has 0 saturated carbocycles. The normalized spacial score (nSPS) is 12.5. The van der Waals surface area contributed by atoms with Crippen LogP contribution in [0, 0.1) is 5.92 Å². The molecule has 1 atom stereocenters. The summed E-state index contributed by atoms with van der Waals surface area (Å²) < 4.78 is 0. The molecule has 1 heterocycles. The van der Waals surface area contributed by atoms with Crippen LogP contribution < -0.4 is 10.4 Å². The summed E-state index contributed by atoms with van der Waals surface area (Å²) in [6.07, 6.45) is 0. The quantitative estimate of drug-likeness (QED) is 0.855. The molecular formula is C14H22N3O3S-. The largest absolute Gasteiger partial charge is 0.548 e. The standard InChI is InChI=1S/C14H23N3O3S/c1-8(2)11(13(18)19)16-14(20)17(5)6-10-7-21-12(15-10)9(3)4/h7-9,11H,6H2,1-5H3,(H,16,20)(H,18,19)/p-1/t11-/m0/s1. The molecule has 0 aromatic carbocycles. The Kier molecular flexibility index (Phi) is 6.14. The van der Waals surface area contributed by atoms with Gasteiger partial charge in [0, 0.05) is 18.3 Å². The minimum absolute atomic E-state index is 0.237. The van der Waals surface area contributed by atoms with E-state index in [4.69, 9.17) is 0 Å². The van der Waals surface area contributed by atoms with Crippen LogP contribution in [0.2, 0.25) is 0 Å². The Hall–Kier alpha value is -1.63. The van der Waals surface area contributed by atoms with Gasteiger partial charge in [-0.3, -0.25) is 0 Å². The van der Waals surface area contributed by atoms with Crippen molar-refractivity contribution in [2.75, 3.05) is 7.05 Å². The summed E-state index contributed by atoms with van der Waals surface area (Å²) >= 11 is 1.56. The Morgan fingerprint density at radius 1 is 1.38 bits per heavy atom. The van der Waals surface area contributed by atoms with Crippen molar-refractivity contribution in [1.29, 1.82) is 0 Å². The van der Waals surface area contributed by atoms with Gasteiger partial charge in [0.25, 0.3) is 0 Å². The number of rotatable bonds is 6. The van der Waals surface area contributed by atoms with Crippen LogP contribution in [0.15, 0.2) is 5.38 Å². The smallest absolute Gasteiger partial charge is 0.318 e. The van der Waals surface area contributed by atoms with Crippen LogP contribution in [0.4, 0.5) is 4.79 Å². The van der Waals surface area contributed by atoms with Gasteiger partial charge < -0.3 is 20.1 Å². The fraction of sp³-hybridized carbons (Fsp3) is 0.643. The van der Waals surface area contributed by atoms with Gasteiger partial charge >= 0.3 is 6.03 Å². The van der Waals surface area contributed by atoms with Crippen LogP contribution in [0.5, 0.6) is 0 Å². The number of aromatic nitrogens is 1. The topological polar surface area (TPSA) is 85.4 Å². The third-order valence-electron chi connectivity index (χ3n) is 3.01. The van der Waals surface area contributed by atoms with E-state index in [0.717, 1.165) is 10.7 Å². The first-order valence-electron chi connectivity index (χ1n) is 6.89. The SMILES string of the molecule is CC(C)c1nc(CN(C)C(=O)N[C@H](C(=O)[O-])C(C)C)cs1. The molecule has 0 radical (unpaired) electrons. The van der Waals surface area contributed by atoms with Crippen LogP contribution >= 0.6 is 11.3 Å². The van der Waals surface area contributed by atoms with E-state index in [2.05, 4.69) is 24.1 Å². The summed E-state index contributed by atoms with van der Waals surface area (Å²) in [6.45, 7) is 7.90. The van der Waals surface area contributed by atoms with Crippen molar-refractivity contribution in [1.82, 2.24) is 15.2 Å². The highest BCUT2D eigenvalue weighted by Gasteiger charge is 2.20. The maximum atomic E-state index is 12.0. The third kappa shape index (κ3) is 5.00. The molecule has 0 unspecified atom stereocenters. The minimum atomic E-state index is -1.28. The molecule has 0 bridgehead atoms. The van der Waals surface area contributed by atoms with Gasteiger partial charge in [0.1, 0.15) is 0 Å². The average molecular weight is 312 g/mol. The number of thiazole rings is 1. The van der Waals surface area contributed by atoms with Crippen molar-refractivity contribution >= 4 is 23.3 Å². The summed E-state index contributed by atoms with van der Waals surface area (Å²) in [5, 5.41) is 16.4. The predicted octanol–water partition coefficient (Wildman–Crippen LogP) is 1.18. The second-order valence-electron chi connectivity index (χ2n) is 5.68.